The number of hydrogen-bond donors (Lipinski definition) is 0. The van der Waals surface area contributed by atoms with Crippen molar-refractivity contribution >= 4 is 29.3 Å². The van der Waals surface area contributed by atoms with Crippen molar-refractivity contribution in [2.45, 2.75) is 51.1 Å². The number of imidazole rings is 1. The van der Waals surface area contributed by atoms with E-state index in [9.17, 15) is 4.79 Å². The lowest BCUT2D eigenvalue weighted by Gasteiger charge is -2.24. The average Bonchev–Trinajstić information content (AvgIpc) is 3.42. The molecule has 1 aromatic carbocycles. The predicted octanol–water partition coefficient (Wildman–Crippen LogP) is 2.98. The van der Waals surface area contributed by atoms with Crippen LogP contribution in [0, 0.1) is 0 Å². The zero-order valence-corrected chi connectivity index (χ0v) is 18.0. The highest BCUT2D eigenvalue weighted by Gasteiger charge is 2.56. The molecule has 0 amide bonds. The summed E-state index contributed by atoms with van der Waals surface area (Å²) in [6.45, 7) is 5.15. The number of fused-ring (bicyclic) bond motifs is 2. The molecule has 4 heterocycles. The van der Waals surface area contributed by atoms with E-state index in [1.807, 2.05) is 60.9 Å². The summed E-state index contributed by atoms with van der Waals surface area (Å²) in [6.07, 6.45) is 5.28. The Kier molecular flexibility index (Phi) is 5.24. The number of ether oxygens (including phenoxy) is 4. The Balaban J connectivity index is 1.46. The SMILES string of the molecule is CC(=O)OC[C@H]1O[C@@H](n2cnc3c(/C=C/c4ccccc4)ncnc32)[C@@H]2OC(C)(C)O[C@@H]21. The van der Waals surface area contributed by atoms with Gasteiger partial charge >= 0.3 is 5.97 Å². The summed E-state index contributed by atoms with van der Waals surface area (Å²) in [5.74, 6) is -1.15. The van der Waals surface area contributed by atoms with Gasteiger partial charge in [-0.2, -0.15) is 0 Å². The second-order valence-electron chi connectivity index (χ2n) is 8.26. The van der Waals surface area contributed by atoms with Crippen molar-refractivity contribution in [3.8, 4) is 0 Å². The Bertz CT molecular complexity index is 1160. The summed E-state index contributed by atoms with van der Waals surface area (Å²) in [7, 11) is 0. The lowest BCUT2D eigenvalue weighted by atomic mass is 10.1. The van der Waals surface area contributed by atoms with E-state index in [1.165, 1.54) is 13.3 Å². The second kappa shape index (κ2) is 8.09. The number of aromatic nitrogens is 4. The van der Waals surface area contributed by atoms with E-state index in [0.29, 0.717) is 16.9 Å². The van der Waals surface area contributed by atoms with Gasteiger partial charge in [0.1, 0.15) is 36.8 Å². The molecule has 2 aliphatic heterocycles. The van der Waals surface area contributed by atoms with E-state index in [4.69, 9.17) is 18.9 Å². The fourth-order valence-electron chi connectivity index (χ4n) is 4.13. The molecule has 2 fully saturated rings. The molecule has 0 saturated carbocycles. The standard InChI is InChI=1S/C23H24N4O5/c1-14(28)29-11-17-19-20(32-23(2,3)31-19)22(30-17)27-13-26-18-16(24-12-25-21(18)27)10-9-15-7-5-4-6-8-15/h4-10,12-13,17,19-20,22H,11H2,1-3H3/b10-9+/t17-,19-,20-,22-/m1/s1. The number of hydrogen-bond acceptors (Lipinski definition) is 8. The Morgan fingerprint density at radius 3 is 2.69 bits per heavy atom. The predicted molar refractivity (Wildman–Crippen MR) is 115 cm³/mol. The van der Waals surface area contributed by atoms with E-state index < -0.39 is 24.2 Å². The Morgan fingerprint density at radius 1 is 1.12 bits per heavy atom. The van der Waals surface area contributed by atoms with Gasteiger partial charge in [-0.1, -0.05) is 36.4 Å². The summed E-state index contributed by atoms with van der Waals surface area (Å²) in [6, 6.07) is 9.97. The molecule has 4 atom stereocenters. The molecule has 0 aliphatic carbocycles. The number of carbonyl (C=O) groups excluding carboxylic acids is 1. The zero-order chi connectivity index (χ0) is 22.3. The van der Waals surface area contributed by atoms with Crippen LogP contribution >= 0.6 is 0 Å². The molecule has 9 nitrogen and oxygen atoms in total. The third-order valence-electron chi connectivity index (χ3n) is 5.47. The summed E-state index contributed by atoms with van der Waals surface area (Å²) in [5.41, 5.74) is 3.04. The van der Waals surface area contributed by atoms with Crippen LogP contribution in [-0.4, -0.2) is 56.2 Å². The van der Waals surface area contributed by atoms with Crippen molar-refractivity contribution < 1.29 is 23.7 Å². The van der Waals surface area contributed by atoms with Crippen LogP contribution in [0.2, 0.25) is 0 Å². The molecule has 5 rings (SSSR count). The summed E-state index contributed by atoms with van der Waals surface area (Å²) in [5, 5.41) is 0. The van der Waals surface area contributed by atoms with Crippen LogP contribution in [0.25, 0.3) is 23.3 Å². The Morgan fingerprint density at radius 2 is 1.91 bits per heavy atom. The van der Waals surface area contributed by atoms with Gasteiger partial charge in [0.15, 0.2) is 17.7 Å². The normalized spacial score (nSPS) is 26.6. The Hall–Kier alpha value is -3.14. The largest absolute Gasteiger partial charge is 0.463 e. The third-order valence-corrected chi connectivity index (χ3v) is 5.47. The smallest absolute Gasteiger partial charge is 0.302 e. The maximum Gasteiger partial charge on any atom is 0.302 e. The first-order valence-electron chi connectivity index (χ1n) is 10.5. The van der Waals surface area contributed by atoms with Crippen molar-refractivity contribution in [3.05, 3.63) is 54.2 Å². The maximum absolute atomic E-state index is 11.3. The summed E-state index contributed by atoms with van der Waals surface area (Å²) < 4.78 is 25.4. The highest BCUT2D eigenvalue weighted by Crippen LogP contribution is 2.43. The molecule has 0 bridgehead atoms. The van der Waals surface area contributed by atoms with Gasteiger partial charge < -0.3 is 18.9 Å². The van der Waals surface area contributed by atoms with E-state index in [-0.39, 0.29) is 18.7 Å². The van der Waals surface area contributed by atoms with Gasteiger partial charge in [-0.15, -0.1) is 0 Å². The number of carbonyl (C=O) groups is 1. The lowest BCUT2D eigenvalue weighted by Crippen LogP contribution is -2.33. The molecular formula is C23H24N4O5. The molecule has 9 heteroatoms. The zero-order valence-electron chi connectivity index (χ0n) is 18.0. The molecule has 2 aromatic heterocycles. The molecule has 32 heavy (non-hydrogen) atoms. The molecular weight excluding hydrogens is 412 g/mol. The Labute approximate surface area is 185 Å². The molecule has 0 radical (unpaired) electrons. The topological polar surface area (TPSA) is 97.6 Å². The minimum absolute atomic E-state index is 0.0825. The van der Waals surface area contributed by atoms with E-state index in [0.717, 1.165) is 5.56 Å². The number of nitrogens with zero attached hydrogens (tertiary/aromatic N) is 4. The van der Waals surface area contributed by atoms with E-state index in [1.54, 1.807) is 6.33 Å². The van der Waals surface area contributed by atoms with E-state index in [2.05, 4.69) is 15.0 Å². The minimum atomic E-state index is -0.777. The highest BCUT2D eigenvalue weighted by molar-refractivity contribution is 5.84. The summed E-state index contributed by atoms with van der Waals surface area (Å²) >= 11 is 0. The van der Waals surface area contributed by atoms with Gasteiger partial charge in [0.05, 0.1) is 12.0 Å². The first-order chi connectivity index (χ1) is 15.4. The second-order valence-corrected chi connectivity index (χ2v) is 8.26. The molecule has 2 saturated heterocycles. The average molecular weight is 436 g/mol. The van der Waals surface area contributed by atoms with Crippen LogP contribution < -0.4 is 0 Å². The molecule has 166 valence electrons. The monoisotopic (exact) mass is 436 g/mol. The molecule has 0 spiro atoms. The lowest BCUT2D eigenvalue weighted by molar-refractivity contribution is -0.201. The van der Waals surface area contributed by atoms with Gasteiger partial charge in [0, 0.05) is 6.92 Å². The van der Waals surface area contributed by atoms with Gasteiger partial charge in [0.25, 0.3) is 0 Å². The van der Waals surface area contributed by atoms with Crippen molar-refractivity contribution in [2.75, 3.05) is 6.61 Å². The van der Waals surface area contributed by atoms with Crippen LogP contribution in [0.5, 0.6) is 0 Å². The van der Waals surface area contributed by atoms with Gasteiger partial charge in [-0.3, -0.25) is 9.36 Å². The quantitative estimate of drug-likeness (QED) is 0.563. The van der Waals surface area contributed by atoms with Gasteiger partial charge in [-0.05, 0) is 25.5 Å². The van der Waals surface area contributed by atoms with Crippen molar-refractivity contribution in [3.63, 3.8) is 0 Å². The third kappa shape index (κ3) is 3.90. The summed E-state index contributed by atoms with van der Waals surface area (Å²) in [4.78, 5) is 24.7. The van der Waals surface area contributed by atoms with Crippen LogP contribution in [0.4, 0.5) is 0 Å². The molecule has 0 N–H and O–H groups in total. The molecule has 3 aromatic rings. The number of rotatable bonds is 5. The number of benzene rings is 1. The van der Waals surface area contributed by atoms with Crippen LogP contribution in [-0.2, 0) is 23.7 Å². The molecule has 2 aliphatic rings. The van der Waals surface area contributed by atoms with E-state index >= 15 is 0 Å². The fourth-order valence-corrected chi connectivity index (χ4v) is 4.13. The highest BCUT2D eigenvalue weighted by atomic mass is 16.8. The van der Waals surface area contributed by atoms with Gasteiger partial charge in [-0.25, -0.2) is 15.0 Å². The fraction of sp³-hybridized carbons (Fsp3) is 0.391. The van der Waals surface area contributed by atoms with Crippen molar-refractivity contribution in [1.29, 1.82) is 0 Å². The maximum atomic E-state index is 11.3. The first kappa shape index (κ1) is 20.7. The number of esters is 1. The van der Waals surface area contributed by atoms with Crippen molar-refractivity contribution in [1.82, 2.24) is 19.5 Å². The van der Waals surface area contributed by atoms with Crippen LogP contribution in [0.1, 0.15) is 38.3 Å². The molecule has 0 unspecified atom stereocenters. The minimum Gasteiger partial charge on any atom is -0.463 e. The van der Waals surface area contributed by atoms with Gasteiger partial charge in [0.2, 0.25) is 0 Å². The van der Waals surface area contributed by atoms with Crippen LogP contribution in [0.3, 0.4) is 0 Å². The van der Waals surface area contributed by atoms with Crippen LogP contribution in [0.15, 0.2) is 43.0 Å². The first-order valence-corrected chi connectivity index (χ1v) is 10.5. The van der Waals surface area contributed by atoms with Crippen molar-refractivity contribution in [2.24, 2.45) is 0 Å².